The van der Waals surface area contributed by atoms with Gasteiger partial charge in [-0.1, -0.05) is 35.9 Å². The van der Waals surface area contributed by atoms with E-state index in [2.05, 4.69) is 5.32 Å². The standard InChI is InChI=1S/C25H22ClN3O3/c1-28(2)18-12-14-19(15-13-18)29-24(30)22(16-8-10-17(26)11-9-16)23(25(29)31)27-20-6-4-5-7-21(20)32-3/h4-15,27H,1-3H3. The number of nitrogens with one attached hydrogen (secondary N) is 1. The van der Waals surface area contributed by atoms with E-state index in [0.29, 0.717) is 27.7 Å². The lowest BCUT2D eigenvalue weighted by molar-refractivity contribution is -0.120. The summed E-state index contributed by atoms with van der Waals surface area (Å²) in [5.74, 6) is -0.291. The van der Waals surface area contributed by atoms with Crippen LogP contribution in [0.25, 0.3) is 5.57 Å². The average Bonchev–Trinajstić information content (AvgIpc) is 3.04. The Kier molecular flexibility index (Phi) is 5.88. The summed E-state index contributed by atoms with van der Waals surface area (Å²) in [6.45, 7) is 0. The van der Waals surface area contributed by atoms with E-state index in [4.69, 9.17) is 16.3 Å². The van der Waals surface area contributed by atoms with Gasteiger partial charge in [-0.15, -0.1) is 0 Å². The number of nitrogens with zero attached hydrogens (tertiary/aromatic N) is 2. The summed E-state index contributed by atoms with van der Waals surface area (Å²) in [6.07, 6.45) is 0. The second-order valence-corrected chi connectivity index (χ2v) is 7.88. The molecule has 0 fully saturated rings. The lowest BCUT2D eigenvalue weighted by Gasteiger charge is -2.18. The number of anilines is 3. The quantitative estimate of drug-likeness (QED) is 0.549. The van der Waals surface area contributed by atoms with Crippen LogP contribution in [0.1, 0.15) is 5.56 Å². The topological polar surface area (TPSA) is 61.9 Å². The van der Waals surface area contributed by atoms with Gasteiger partial charge in [0.15, 0.2) is 0 Å². The summed E-state index contributed by atoms with van der Waals surface area (Å²) < 4.78 is 5.40. The molecule has 1 N–H and O–H groups in total. The summed E-state index contributed by atoms with van der Waals surface area (Å²) >= 11 is 6.04. The third-order valence-electron chi connectivity index (χ3n) is 5.21. The second-order valence-electron chi connectivity index (χ2n) is 7.44. The Balaban J connectivity index is 1.80. The van der Waals surface area contributed by atoms with Crippen LogP contribution in [0, 0.1) is 0 Å². The SMILES string of the molecule is COc1ccccc1NC1=C(c2ccc(Cl)cc2)C(=O)N(c2ccc(N(C)C)cc2)C1=O. The minimum absolute atomic E-state index is 0.179. The maximum absolute atomic E-state index is 13.5. The minimum Gasteiger partial charge on any atom is -0.495 e. The van der Waals surface area contributed by atoms with Crippen molar-refractivity contribution in [3.05, 3.63) is 89.1 Å². The van der Waals surface area contributed by atoms with Crippen LogP contribution < -0.4 is 19.9 Å². The van der Waals surface area contributed by atoms with Crippen molar-refractivity contribution in [2.45, 2.75) is 0 Å². The van der Waals surface area contributed by atoms with Crippen LogP contribution in [-0.4, -0.2) is 33.0 Å². The van der Waals surface area contributed by atoms with E-state index in [-0.39, 0.29) is 11.3 Å². The molecule has 0 saturated heterocycles. The molecule has 32 heavy (non-hydrogen) atoms. The van der Waals surface area contributed by atoms with Crippen LogP contribution in [-0.2, 0) is 9.59 Å². The first-order valence-electron chi connectivity index (χ1n) is 9.97. The molecule has 0 saturated carbocycles. The van der Waals surface area contributed by atoms with E-state index in [9.17, 15) is 9.59 Å². The summed E-state index contributed by atoms with van der Waals surface area (Å²) in [5.41, 5.74) is 3.09. The van der Waals surface area contributed by atoms with Crippen LogP contribution in [0.4, 0.5) is 17.1 Å². The highest BCUT2D eigenvalue weighted by molar-refractivity contribution is 6.46. The van der Waals surface area contributed by atoms with Crippen molar-refractivity contribution in [2.24, 2.45) is 0 Å². The van der Waals surface area contributed by atoms with Crippen LogP contribution in [0.5, 0.6) is 5.75 Å². The van der Waals surface area contributed by atoms with E-state index in [1.165, 1.54) is 4.90 Å². The number of hydrogen-bond donors (Lipinski definition) is 1. The first kappa shape index (κ1) is 21.5. The van der Waals surface area contributed by atoms with Gasteiger partial charge in [-0.3, -0.25) is 9.59 Å². The third kappa shape index (κ3) is 3.92. The number of carbonyl (C=O) groups is 2. The number of halogens is 1. The molecule has 1 aliphatic heterocycles. The van der Waals surface area contributed by atoms with E-state index in [1.807, 2.05) is 43.3 Å². The van der Waals surface area contributed by atoms with Crippen LogP contribution in [0.2, 0.25) is 5.02 Å². The minimum atomic E-state index is -0.441. The summed E-state index contributed by atoms with van der Waals surface area (Å²) in [7, 11) is 5.41. The second kappa shape index (κ2) is 8.77. The van der Waals surface area contributed by atoms with Crippen molar-refractivity contribution in [2.75, 3.05) is 36.3 Å². The number of ether oxygens (including phenoxy) is 1. The number of para-hydroxylation sites is 2. The molecule has 0 radical (unpaired) electrons. The first-order valence-corrected chi connectivity index (χ1v) is 10.3. The summed E-state index contributed by atoms with van der Waals surface area (Å²) in [4.78, 5) is 30.1. The van der Waals surface area contributed by atoms with Crippen molar-refractivity contribution in [1.29, 1.82) is 0 Å². The van der Waals surface area contributed by atoms with Crippen molar-refractivity contribution < 1.29 is 14.3 Å². The molecule has 0 bridgehead atoms. The molecule has 0 spiro atoms. The lowest BCUT2D eigenvalue weighted by atomic mass is 10.0. The molecule has 162 valence electrons. The highest BCUT2D eigenvalue weighted by Gasteiger charge is 2.40. The molecule has 1 heterocycles. The van der Waals surface area contributed by atoms with E-state index in [0.717, 1.165) is 5.69 Å². The van der Waals surface area contributed by atoms with Gasteiger partial charge in [-0.05, 0) is 54.1 Å². The molecular weight excluding hydrogens is 426 g/mol. The van der Waals surface area contributed by atoms with Crippen molar-refractivity contribution in [1.82, 2.24) is 0 Å². The zero-order valence-corrected chi connectivity index (χ0v) is 18.7. The van der Waals surface area contributed by atoms with Crippen LogP contribution in [0.3, 0.4) is 0 Å². The van der Waals surface area contributed by atoms with Crippen molar-refractivity contribution >= 4 is 46.1 Å². The fourth-order valence-electron chi connectivity index (χ4n) is 3.55. The smallest absolute Gasteiger partial charge is 0.282 e. The predicted octanol–water partition coefficient (Wildman–Crippen LogP) is 4.81. The normalized spacial score (nSPS) is 13.6. The van der Waals surface area contributed by atoms with Gasteiger partial charge >= 0.3 is 0 Å². The highest BCUT2D eigenvalue weighted by Crippen LogP contribution is 2.36. The Morgan fingerprint density at radius 1 is 0.875 bits per heavy atom. The molecule has 0 aromatic heterocycles. The van der Waals surface area contributed by atoms with E-state index < -0.39 is 11.8 Å². The molecule has 6 nitrogen and oxygen atoms in total. The highest BCUT2D eigenvalue weighted by atomic mass is 35.5. The number of methoxy groups -OCH3 is 1. The molecule has 1 aliphatic rings. The zero-order chi connectivity index (χ0) is 22.8. The molecule has 0 aliphatic carbocycles. The fraction of sp³-hybridized carbons (Fsp3) is 0.120. The maximum Gasteiger partial charge on any atom is 0.282 e. The molecular formula is C25H22ClN3O3. The van der Waals surface area contributed by atoms with Crippen LogP contribution >= 0.6 is 11.6 Å². The van der Waals surface area contributed by atoms with Crippen molar-refractivity contribution in [3.8, 4) is 5.75 Å². The Morgan fingerprint density at radius 3 is 2.16 bits per heavy atom. The molecule has 0 unspecified atom stereocenters. The summed E-state index contributed by atoms with van der Waals surface area (Å²) in [5, 5.41) is 3.68. The largest absolute Gasteiger partial charge is 0.495 e. The lowest BCUT2D eigenvalue weighted by Crippen LogP contribution is -2.32. The van der Waals surface area contributed by atoms with Gasteiger partial charge in [0, 0.05) is 24.8 Å². The number of amides is 2. The first-order chi connectivity index (χ1) is 15.4. The average molecular weight is 448 g/mol. The third-order valence-corrected chi connectivity index (χ3v) is 5.46. The molecule has 4 rings (SSSR count). The van der Waals surface area contributed by atoms with E-state index >= 15 is 0 Å². The molecule has 3 aromatic carbocycles. The van der Waals surface area contributed by atoms with Gasteiger partial charge in [0.25, 0.3) is 11.8 Å². The zero-order valence-electron chi connectivity index (χ0n) is 17.9. The number of carbonyl (C=O) groups excluding carboxylic acids is 2. The van der Waals surface area contributed by atoms with Gasteiger partial charge in [-0.2, -0.15) is 0 Å². The van der Waals surface area contributed by atoms with Gasteiger partial charge in [0.1, 0.15) is 11.4 Å². The Hall–Kier alpha value is -3.77. The van der Waals surface area contributed by atoms with Gasteiger partial charge < -0.3 is 15.0 Å². The van der Waals surface area contributed by atoms with Gasteiger partial charge in [0.05, 0.1) is 24.1 Å². The Labute approximate surface area is 191 Å². The molecule has 2 amide bonds. The fourth-order valence-corrected chi connectivity index (χ4v) is 3.67. The van der Waals surface area contributed by atoms with Crippen LogP contribution in [0.15, 0.2) is 78.5 Å². The molecule has 7 heteroatoms. The predicted molar refractivity (Wildman–Crippen MR) is 128 cm³/mol. The Morgan fingerprint density at radius 2 is 1.53 bits per heavy atom. The number of benzene rings is 3. The Bertz CT molecular complexity index is 1200. The number of imide groups is 1. The number of rotatable bonds is 6. The maximum atomic E-state index is 13.5. The van der Waals surface area contributed by atoms with Gasteiger partial charge in [0.2, 0.25) is 0 Å². The van der Waals surface area contributed by atoms with E-state index in [1.54, 1.807) is 55.6 Å². The molecule has 0 atom stereocenters. The van der Waals surface area contributed by atoms with Crippen molar-refractivity contribution in [3.63, 3.8) is 0 Å². The molecule has 3 aromatic rings. The monoisotopic (exact) mass is 447 g/mol. The van der Waals surface area contributed by atoms with Gasteiger partial charge in [-0.25, -0.2) is 4.90 Å². The number of hydrogen-bond acceptors (Lipinski definition) is 5. The summed E-state index contributed by atoms with van der Waals surface area (Å²) in [6, 6.07) is 21.3.